The molecule has 0 radical (unpaired) electrons. The highest BCUT2D eigenvalue weighted by Crippen LogP contribution is 2.25. The number of nitrogens with zero attached hydrogens (tertiary/aromatic N) is 1. The Morgan fingerprint density at radius 1 is 1.27 bits per heavy atom. The van der Waals surface area contributed by atoms with E-state index in [1.54, 1.807) is 24.3 Å². The molecule has 0 bridgehead atoms. The molecule has 0 aliphatic rings. The number of carbonyl (C=O) groups is 1. The summed E-state index contributed by atoms with van der Waals surface area (Å²) in [5, 5.41) is 16.3. The van der Waals surface area contributed by atoms with Gasteiger partial charge in [0.1, 0.15) is 11.5 Å². The molecule has 0 saturated carbocycles. The normalized spacial score (nSPS) is 10.1. The highest BCUT2D eigenvalue weighted by molar-refractivity contribution is 5.94. The van der Waals surface area contributed by atoms with Crippen molar-refractivity contribution in [3.63, 3.8) is 0 Å². The van der Waals surface area contributed by atoms with Gasteiger partial charge in [-0.2, -0.15) is 0 Å². The molecule has 22 heavy (non-hydrogen) atoms. The van der Waals surface area contributed by atoms with E-state index >= 15 is 0 Å². The van der Waals surface area contributed by atoms with Crippen molar-refractivity contribution in [2.45, 2.75) is 6.54 Å². The van der Waals surface area contributed by atoms with E-state index in [1.165, 1.54) is 7.05 Å². The van der Waals surface area contributed by atoms with Gasteiger partial charge >= 0.3 is 0 Å². The van der Waals surface area contributed by atoms with Crippen molar-refractivity contribution in [1.82, 2.24) is 5.32 Å². The maximum absolute atomic E-state index is 13.2. The van der Waals surface area contributed by atoms with Crippen LogP contribution in [0.25, 0.3) is 0 Å². The molecule has 0 fully saturated rings. The molecule has 0 aliphatic heterocycles. The Morgan fingerprint density at radius 3 is 2.73 bits per heavy atom. The van der Waals surface area contributed by atoms with Crippen LogP contribution >= 0.6 is 0 Å². The largest absolute Gasteiger partial charge is 0.375 e. The van der Waals surface area contributed by atoms with Crippen molar-refractivity contribution in [2.75, 3.05) is 12.4 Å². The summed E-state index contributed by atoms with van der Waals surface area (Å²) < 4.78 is 13.2. The number of halogens is 1. The lowest BCUT2D eigenvalue weighted by molar-refractivity contribution is -0.384. The molecule has 1 amide bonds. The fourth-order valence-electron chi connectivity index (χ4n) is 1.97. The van der Waals surface area contributed by atoms with E-state index in [1.807, 2.05) is 0 Å². The molecule has 0 atom stereocenters. The van der Waals surface area contributed by atoms with Crippen LogP contribution in [0.4, 0.5) is 15.8 Å². The molecule has 0 saturated heterocycles. The second-order valence-electron chi connectivity index (χ2n) is 4.55. The number of nitro benzene ring substituents is 1. The summed E-state index contributed by atoms with van der Waals surface area (Å²) in [6.45, 7) is 0.231. The first-order chi connectivity index (χ1) is 10.5. The van der Waals surface area contributed by atoms with E-state index in [-0.39, 0.29) is 23.8 Å². The summed E-state index contributed by atoms with van der Waals surface area (Å²) in [6, 6.07) is 10.0. The second-order valence-corrected chi connectivity index (χ2v) is 4.55. The van der Waals surface area contributed by atoms with Crippen LogP contribution in [0.3, 0.4) is 0 Å². The van der Waals surface area contributed by atoms with Gasteiger partial charge in [0.2, 0.25) is 0 Å². The van der Waals surface area contributed by atoms with E-state index in [0.717, 1.165) is 23.8 Å². The average Bonchev–Trinajstić information content (AvgIpc) is 2.52. The third-order valence-corrected chi connectivity index (χ3v) is 3.05. The molecule has 2 aromatic rings. The molecule has 2 aromatic carbocycles. The highest BCUT2D eigenvalue weighted by atomic mass is 19.1. The quantitative estimate of drug-likeness (QED) is 0.657. The average molecular weight is 303 g/mol. The van der Waals surface area contributed by atoms with Crippen LogP contribution in [0.1, 0.15) is 15.9 Å². The van der Waals surface area contributed by atoms with Crippen molar-refractivity contribution in [3.05, 3.63) is 69.5 Å². The van der Waals surface area contributed by atoms with Crippen LogP contribution < -0.4 is 10.6 Å². The van der Waals surface area contributed by atoms with E-state index in [0.29, 0.717) is 5.56 Å². The Morgan fingerprint density at radius 2 is 2.05 bits per heavy atom. The molecule has 0 heterocycles. The Hall–Kier alpha value is -2.96. The maximum Gasteiger partial charge on any atom is 0.292 e. The van der Waals surface area contributed by atoms with Crippen molar-refractivity contribution >= 4 is 17.3 Å². The highest BCUT2D eigenvalue weighted by Gasteiger charge is 2.14. The van der Waals surface area contributed by atoms with Gasteiger partial charge in [0.25, 0.3) is 11.6 Å². The van der Waals surface area contributed by atoms with Crippen LogP contribution in [0.15, 0.2) is 42.5 Å². The Balaban J connectivity index is 2.18. The third kappa shape index (κ3) is 3.57. The van der Waals surface area contributed by atoms with Gasteiger partial charge in [-0.1, -0.05) is 12.1 Å². The Bertz CT molecular complexity index is 719. The van der Waals surface area contributed by atoms with Crippen LogP contribution in [-0.2, 0) is 6.54 Å². The number of benzene rings is 2. The van der Waals surface area contributed by atoms with Crippen molar-refractivity contribution in [1.29, 1.82) is 0 Å². The molecule has 7 heteroatoms. The van der Waals surface area contributed by atoms with Gasteiger partial charge in [-0.3, -0.25) is 14.9 Å². The molecule has 0 aromatic heterocycles. The molecule has 2 N–H and O–H groups in total. The number of hydrogen-bond acceptors (Lipinski definition) is 4. The standard InChI is InChI=1S/C15H14FN3O3/c1-17-15(20)11-4-2-3-10(7-11)9-18-13-8-12(16)5-6-14(13)19(21)22/h2-8,18H,9H2,1H3,(H,17,20). The van der Waals surface area contributed by atoms with Gasteiger partial charge in [0.05, 0.1) is 4.92 Å². The maximum atomic E-state index is 13.2. The minimum atomic E-state index is -0.581. The summed E-state index contributed by atoms with van der Waals surface area (Å²) in [6.07, 6.45) is 0. The van der Waals surface area contributed by atoms with Crippen molar-refractivity contribution in [2.24, 2.45) is 0 Å². The van der Waals surface area contributed by atoms with Gasteiger partial charge in [-0.15, -0.1) is 0 Å². The first kappa shape index (κ1) is 15.4. The third-order valence-electron chi connectivity index (χ3n) is 3.05. The monoisotopic (exact) mass is 303 g/mol. The number of amides is 1. The van der Waals surface area contributed by atoms with E-state index in [9.17, 15) is 19.3 Å². The summed E-state index contributed by atoms with van der Waals surface area (Å²) in [4.78, 5) is 21.9. The SMILES string of the molecule is CNC(=O)c1cccc(CNc2cc(F)ccc2[N+](=O)[O-])c1. The molecule has 114 valence electrons. The minimum Gasteiger partial charge on any atom is -0.375 e. The number of rotatable bonds is 5. The molecule has 6 nitrogen and oxygen atoms in total. The first-order valence-electron chi connectivity index (χ1n) is 6.50. The number of hydrogen-bond donors (Lipinski definition) is 2. The Labute approximate surface area is 126 Å². The van der Waals surface area contributed by atoms with E-state index in [4.69, 9.17) is 0 Å². The first-order valence-corrected chi connectivity index (χ1v) is 6.50. The second kappa shape index (κ2) is 6.66. The minimum absolute atomic E-state index is 0.0929. The molecule has 0 aliphatic carbocycles. The van der Waals surface area contributed by atoms with Gasteiger partial charge in [0.15, 0.2) is 0 Å². The zero-order valence-electron chi connectivity index (χ0n) is 11.8. The predicted molar refractivity (Wildman–Crippen MR) is 80.2 cm³/mol. The topological polar surface area (TPSA) is 84.3 Å². The van der Waals surface area contributed by atoms with Crippen LogP contribution in [0.2, 0.25) is 0 Å². The smallest absolute Gasteiger partial charge is 0.292 e. The molecule has 0 unspecified atom stereocenters. The molecule has 2 rings (SSSR count). The summed E-state index contributed by atoms with van der Waals surface area (Å²) in [5.74, 6) is -0.786. The summed E-state index contributed by atoms with van der Waals surface area (Å²) >= 11 is 0. The lowest BCUT2D eigenvalue weighted by Gasteiger charge is -2.08. The molecule has 0 spiro atoms. The number of nitrogens with one attached hydrogen (secondary N) is 2. The van der Waals surface area contributed by atoms with Gasteiger partial charge in [-0.25, -0.2) is 4.39 Å². The van der Waals surface area contributed by atoms with Crippen LogP contribution in [-0.4, -0.2) is 17.9 Å². The summed E-state index contributed by atoms with van der Waals surface area (Å²) in [7, 11) is 1.53. The zero-order chi connectivity index (χ0) is 16.1. The number of anilines is 1. The zero-order valence-corrected chi connectivity index (χ0v) is 11.8. The summed E-state index contributed by atoms with van der Waals surface area (Å²) in [5.41, 5.74) is 1.12. The van der Waals surface area contributed by atoms with Gasteiger partial charge < -0.3 is 10.6 Å². The predicted octanol–water partition coefficient (Wildman–Crippen LogP) is 2.71. The van der Waals surface area contributed by atoms with Crippen LogP contribution in [0, 0.1) is 15.9 Å². The fraction of sp³-hybridized carbons (Fsp3) is 0.133. The van der Waals surface area contributed by atoms with Crippen molar-refractivity contribution in [3.8, 4) is 0 Å². The van der Waals surface area contributed by atoms with Crippen molar-refractivity contribution < 1.29 is 14.1 Å². The fourth-order valence-corrected chi connectivity index (χ4v) is 1.97. The van der Waals surface area contributed by atoms with Crippen LogP contribution in [0.5, 0.6) is 0 Å². The molecular formula is C15H14FN3O3. The van der Waals surface area contributed by atoms with Gasteiger partial charge in [-0.05, 0) is 23.8 Å². The van der Waals surface area contributed by atoms with Gasteiger partial charge in [0, 0.05) is 31.3 Å². The molecular weight excluding hydrogens is 289 g/mol. The lowest BCUT2D eigenvalue weighted by Crippen LogP contribution is -2.18. The van der Waals surface area contributed by atoms with E-state index in [2.05, 4.69) is 10.6 Å². The number of carbonyl (C=O) groups excluding carboxylic acids is 1. The van der Waals surface area contributed by atoms with E-state index < -0.39 is 10.7 Å². The lowest BCUT2D eigenvalue weighted by atomic mass is 10.1. The Kier molecular flexibility index (Phi) is 4.67. The number of nitro groups is 1.